The van der Waals surface area contributed by atoms with Crippen LogP contribution in [0.3, 0.4) is 0 Å². The molecule has 0 amide bonds. The van der Waals surface area contributed by atoms with E-state index in [0.717, 1.165) is 31.2 Å². The minimum Gasteiger partial charge on any atom is -0.310 e. The molecule has 1 saturated heterocycles. The Morgan fingerprint density at radius 1 is 1.30 bits per heavy atom. The van der Waals surface area contributed by atoms with Crippen molar-refractivity contribution in [2.45, 2.75) is 19.4 Å². The van der Waals surface area contributed by atoms with E-state index in [1.807, 2.05) is 18.3 Å². The summed E-state index contributed by atoms with van der Waals surface area (Å²) in [4.78, 5) is 9.21. The third-order valence-electron chi connectivity index (χ3n) is 3.97. The third-order valence-corrected chi connectivity index (χ3v) is 3.97. The maximum Gasteiger partial charge on any atom is 0.0541 e. The van der Waals surface area contributed by atoms with Crippen LogP contribution >= 0.6 is 0 Å². The molecule has 1 aliphatic rings. The van der Waals surface area contributed by atoms with E-state index in [1.54, 1.807) is 0 Å². The summed E-state index contributed by atoms with van der Waals surface area (Å²) in [6.07, 6.45) is 4.55. The summed E-state index contributed by atoms with van der Waals surface area (Å²) in [5, 5.41) is 3.48. The van der Waals surface area contributed by atoms with Crippen molar-refractivity contribution in [2.24, 2.45) is 5.92 Å². The van der Waals surface area contributed by atoms with E-state index in [4.69, 9.17) is 0 Å². The molecule has 0 atom stereocenters. The summed E-state index contributed by atoms with van der Waals surface area (Å²) >= 11 is 0. The van der Waals surface area contributed by atoms with Crippen molar-refractivity contribution in [1.82, 2.24) is 20.1 Å². The Morgan fingerprint density at radius 2 is 2.10 bits per heavy atom. The van der Waals surface area contributed by atoms with Crippen LogP contribution in [0.15, 0.2) is 24.4 Å². The molecule has 0 bridgehead atoms. The second-order valence-corrected chi connectivity index (χ2v) is 6.05. The monoisotopic (exact) mass is 276 g/mol. The van der Waals surface area contributed by atoms with Crippen LogP contribution in [0, 0.1) is 5.92 Å². The smallest absolute Gasteiger partial charge is 0.0541 e. The Bertz CT molecular complexity index is 358. The molecular formula is C16H28N4. The minimum absolute atomic E-state index is 0.873. The third kappa shape index (κ3) is 5.57. The summed E-state index contributed by atoms with van der Waals surface area (Å²) in [6.45, 7) is 6.83. The molecule has 0 saturated carbocycles. The molecule has 1 N–H and O–H groups in total. The average Bonchev–Trinajstić information content (AvgIpc) is 2.46. The second kappa shape index (κ2) is 8.35. The zero-order chi connectivity index (χ0) is 14.2. The van der Waals surface area contributed by atoms with Gasteiger partial charge in [-0.2, -0.15) is 0 Å². The van der Waals surface area contributed by atoms with E-state index in [9.17, 15) is 0 Å². The Labute approximate surface area is 123 Å². The van der Waals surface area contributed by atoms with E-state index in [-0.39, 0.29) is 0 Å². The van der Waals surface area contributed by atoms with Crippen molar-refractivity contribution < 1.29 is 0 Å². The van der Waals surface area contributed by atoms with E-state index in [2.05, 4.69) is 40.3 Å². The molecule has 2 heterocycles. The Morgan fingerprint density at radius 3 is 2.75 bits per heavy atom. The van der Waals surface area contributed by atoms with Gasteiger partial charge < -0.3 is 15.1 Å². The maximum absolute atomic E-state index is 4.32. The summed E-state index contributed by atoms with van der Waals surface area (Å²) < 4.78 is 0. The number of likely N-dealkylation sites (tertiary alicyclic amines) is 1. The fourth-order valence-corrected chi connectivity index (χ4v) is 2.87. The number of pyridine rings is 1. The molecule has 0 aliphatic carbocycles. The predicted octanol–water partition coefficient (Wildman–Crippen LogP) is 1.44. The first-order valence-corrected chi connectivity index (χ1v) is 7.72. The lowest BCUT2D eigenvalue weighted by atomic mass is 9.96. The van der Waals surface area contributed by atoms with Gasteiger partial charge in [0.25, 0.3) is 0 Å². The number of hydrogen-bond donors (Lipinski definition) is 1. The Balaban J connectivity index is 1.55. The first-order chi connectivity index (χ1) is 9.74. The van der Waals surface area contributed by atoms with Crippen LogP contribution in [0.4, 0.5) is 0 Å². The number of piperidine rings is 1. The largest absolute Gasteiger partial charge is 0.310 e. The molecule has 0 radical (unpaired) electrons. The fraction of sp³-hybridized carbons (Fsp3) is 0.688. The van der Waals surface area contributed by atoms with Gasteiger partial charge in [0.05, 0.1) is 5.69 Å². The highest BCUT2D eigenvalue weighted by Crippen LogP contribution is 2.17. The lowest BCUT2D eigenvalue weighted by molar-refractivity contribution is 0.163. The molecule has 20 heavy (non-hydrogen) atoms. The predicted molar refractivity (Wildman–Crippen MR) is 83.7 cm³/mol. The Hall–Kier alpha value is -0.970. The molecule has 1 aliphatic heterocycles. The summed E-state index contributed by atoms with van der Waals surface area (Å²) in [5.74, 6) is 0.891. The molecule has 0 spiro atoms. The van der Waals surface area contributed by atoms with E-state index < -0.39 is 0 Å². The van der Waals surface area contributed by atoms with Gasteiger partial charge in [-0.25, -0.2) is 0 Å². The molecule has 0 unspecified atom stereocenters. The van der Waals surface area contributed by atoms with Crippen LogP contribution in [0.25, 0.3) is 0 Å². The molecule has 1 aromatic rings. The lowest BCUT2D eigenvalue weighted by Crippen LogP contribution is -2.40. The van der Waals surface area contributed by atoms with E-state index in [1.165, 1.54) is 32.5 Å². The first kappa shape index (κ1) is 15.4. The molecule has 4 nitrogen and oxygen atoms in total. The number of aromatic nitrogens is 1. The van der Waals surface area contributed by atoms with Crippen LogP contribution < -0.4 is 5.32 Å². The van der Waals surface area contributed by atoms with Crippen LogP contribution in [0.1, 0.15) is 18.5 Å². The van der Waals surface area contributed by atoms with Crippen LogP contribution in [0.5, 0.6) is 0 Å². The highest BCUT2D eigenvalue weighted by atomic mass is 15.1. The van der Waals surface area contributed by atoms with Gasteiger partial charge in [0.1, 0.15) is 0 Å². The molecule has 112 valence electrons. The number of nitrogens with one attached hydrogen (secondary N) is 1. The number of nitrogens with zero attached hydrogens (tertiary/aromatic N) is 3. The highest BCUT2D eigenvalue weighted by Gasteiger charge is 2.18. The molecule has 1 aromatic heterocycles. The quantitative estimate of drug-likeness (QED) is 0.764. The minimum atomic E-state index is 0.873. The molecule has 0 aromatic carbocycles. The summed E-state index contributed by atoms with van der Waals surface area (Å²) in [6, 6.07) is 6.07. The molecule has 1 fully saturated rings. The lowest BCUT2D eigenvalue weighted by Gasteiger charge is -2.33. The Kier molecular flexibility index (Phi) is 6.43. The van der Waals surface area contributed by atoms with Crippen molar-refractivity contribution >= 4 is 0 Å². The fourth-order valence-electron chi connectivity index (χ4n) is 2.87. The highest BCUT2D eigenvalue weighted by molar-refractivity contribution is 5.02. The molecule has 4 heteroatoms. The number of rotatable bonds is 7. The van der Waals surface area contributed by atoms with Gasteiger partial charge in [-0.15, -0.1) is 0 Å². The van der Waals surface area contributed by atoms with Gasteiger partial charge >= 0.3 is 0 Å². The molecular weight excluding hydrogens is 248 g/mol. The number of hydrogen-bond acceptors (Lipinski definition) is 4. The van der Waals surface area contributed by atoms with Crippen molar-refractivity contribution in [1.29, 1.82) is 0 Å². The van der Waals surface area contributed by atoms with Gasteiger partial charge in [-0.05, 0) is 58.1 Å². The van der Waals surface area contributed by atoms with Crippen molar-refractivity contribution in [3.05, 3.63) is 30.1 Å². The van der Waals surface area contributed by atoms with Gasteiger partial charge in [0.15, 0.2) is 0 Å². The zero-order valence-electron chi connectivity index (χ0n) is 12.9. The van der Waals surface area contributed by atoms with Gasteiger partial charge in [0.2, 0.25) is 0 Å². The summed E-state index contributed by atoms with van der Waals surface area (Å²) in [7, 11) is 4.35. The first-order valence-electron chi connectivity index (χ1n) is 7.72. The standard InChI is InChI=1S/C16H28N4/c1-19(2)14-15-6-10-20(11-7-15)12-9-17-13-16-5-3-4-8-18-16/h3-5,8,15,17H,6-7,9-14H2,1-2H3. The van der Waals surface area contributed by atoms with Crippen LogP contribution in [-0.2, 0) is 6.54 Å². The normalized spacial score (nSPS) is 17.8. The molecule has 2 rings (SSSR count). The summed E-state index contributed by atoms with van der Waals surface area (Å²) in [5.41, 5.74) is 1.12. The van der Waals surface area contributed by atoms with E-state index in [0.29, 0.717) is 0 Å². The van der Waals surface area contributed by atoms with Crippen molar-refractivity contribution in [3.63, 3.8) is 0 Å². The van der Waals surface area contributed by atoms with Gasteiger partial charge in [-0.1, -0.05) is 6.07 Å². The van der Waals surface area contributed by atoms with Gasteiger partial charge in [-0.3, -0.25) is 4.98 Å². The second-order valence-electron chi connectivity index (χ2n) is 6.05. The van der Waals surface area contributed by atoms with Crippen molar-refractivity contribution in [3.8, 4) is 0 Å². The van der Waals surface area contributed by atoms with Crippen LogP contribution in [-0.4, -0.2) is 61.6 Å². The zero-order valence-corrected chi connectivity index (χ0v) is 12.9. The van der Waals surface area contributed by atoms with Gasteiger partial charge in [0, 0.05) is 32.4 Å². The SMILES string of the molecule is CN(C)CC1CCN(CCNCc2ccccn2)CC1. The maximum atomic E-state index is 4.32. The van der Waals surface area contributed by atoms with E-state index >= 15 is 0 Å². The van der Waals surface area contributed by atoms with Crippen LogP contribution in [0.2, 0.25) is 0 Å². The topological polar surface area (TPSA) is 31.4 Å². The average molecular weight is 276 g/mol. The van der Waals surface area contributed by atoms with Crippen molar-refractivity contribution in [2.75, 3.05) is 46.8 Å².